The number of pyridine rings is 1. The summed E-state index contributed by atoms with van der Waals surface area (Å²) in [6.07, 6.45) is 5.75. The molecule has 0 bridgehead atoms. The lowest BCUT2D eigenvalue weighted by Gasteiger charge is -2.16. The molecule has 1 aliphatic heterocycles. The molecule has 2 aliphatic rings. The van der Waals surface area contributed by atoms with Gasteiger partial charge in [-0.25, -0.2) is 9.78 Å². The monoisotopic (exact) mass is 652 g/mol. The fourth-order valence-electron chi connectivity index (χ4n) is 5.87. The number of carbonyl (C=O) groups is 4. The predicted octanol–water partition coefficient (Wildman–Crippen LogP) is 6.73. The number of hydrogen-bond donors (Lipinski definition) is 0. The SMILES string of the molecule is CCc1cc(Br)cc2c(C(=O)OCC(=O)c3cccc(OC)c3)cc(-c3ccc(N4C(=O)C5CC=CCC5C4=O)cc3)nc12. The average Bonchev–Trinajstić information content (AvgIpc) is 3.31. The summed E-state index contributed by atoms with van der Waals surface area (Å²) in [5, 5.41) is 0.597. The molecule has 44 heavy (non-hydrogen) atoms. The maximum Gasteiger partial charge on any atom is 0.339 e. The zero-order valence-electron chi connectivity index (χ0n) is 24.2. The molecule has 2 unspecified atom stereocenters. The van der Waals surface area contributed by atoms with Gasteiger partial charge in [0, 0.05) is 21.0 Å². The Labute approximate surface area is 262 Å². The second-order valence-electron chi connectivity index (χ2n) is 10.8. The van der Waals surface area contributed by atoms with E-state index in [1.165, 1.54) is 12.0 Å². The summed E-state index contributed by atoms with van der Waals surface area (Å²) in [6.45, 7) is 1.57. The third kappa shape index (κ3) is 5.43. The number of allylic oxidation sites excluding steroid dienone is 2. The van der Waals surface area contributed by atoms with Crippen LogP contribution in [0.3, 0.4) is 0 Å². The molecule has 6 rings (SSSR count). The van der Waals surface area contributed by atoms with E-state index < -0.39 is 12.6 Å². The Morgan fingerprint density at radius 2 is 1.66 bits per heavy atom. The number of benzene rings is 3. The molecular formula is C35H29BrN2O6. The first-order valence-corrected chi connectivity index (χ1v) is 15.2. The largest absolute Gasteiger partial charge is 0.497 e. The number of aryl methyl sites for hydroxylation is 1. The van der Waals surface area contributed by atoms with Crippen LogP contribution in [0, 0.1) is 11.8 Å². The quantitative estimate of drug-likeness (QED) is 0.0900. The van der Waals surface area contributed by atoms with Crippen molar-refractivity contribution in [1.29, 1.82) is 0 Å². The summed E-state index contributed by atoms with van der Waals surface area (Å²) in [5.74, 6) is -1.46. The molecule has 0 saturated carbocycles. The summed E-state index contributed by atoms with van der Waals surface area (Å²) in [5.41, 5.74) is 3.94. The second-order valence-corrected chi connectivity index (χ2v) is 11.7. The van der Waals surface area contributed by atoms with Crippen LogP contribution in [0.25, 0.3) is 22.2 Å². The van der Waals surface area contributed by atoms with E-state index in [0.29, 0.717) is 58.4 Å². The Balaban J connectivity index is 1.32. The summed E-state index contributed by atoms with van der Waals surface area (Å²) in [7, 11) is 1.51. The first kappa shape index (κ1) is 29.4. The molecule has 2 atom stereocenters. The third-order valence-corrected chi connectivity index (χ3v) is 8.67. The number of esters is 1. The first-order chi connectivity index (χ1) is 21.3. The number of methoxy groups -OCH3 is 1. The zero-order chi connectivity index (χ0) is 31.0. The van der Waals surface area contributed by atoms with E-state index in [4.69, 9.17) is 14.5 Å². The van der Waals surface area contributed by atoms with Gasteiger partial charge in [-0.3, -0.25) is 19.3 Å². The van der Waals surface area contributed by atoms with Crippen molar-refractivity contribution < 1.29 is 28.7 Å². The number of anilines is 1. The van der Waals surface area contributed by atoms with E-state index in [-0.39, 0.29) is 35.0 Å². The van der Waals surface area contributed by atoms with Crippen molar-refractivity contribution in [2.24, 2.45) is 11.8 Å². The Hall–Kier alpha value is -4.63. The highest BCUT2D eigenvalue weighted by atomic mass is 79.9. The van der Waals surface area contributed by atoms with E-state index in [1.807, 2.05) is 31.2 Å². The Kier molecular flexibility index (Phi) is 8.14. The minimum atomic E-state index is -0.656. The van der Waals surface area contributed by atoms with Gasteiger partial charge in [-0.15, -0.1) is 0 Å². The second kappa shape index (κ2) is 12.2. The lowest BCUT2D eigenvalue weighted by Crippen LogP contribution is -2.30. The van der Waals surface area contributed by atoms with Crippen molar-refractivity contribution in [3.63, 3.8) is 0 Å². The Bertz CT molecular complexity index is 1820. The van der Waals surface area contributed by atoms with Crippen LogP contribution in [0.15, 0.2) is 83.4 Å². The van der Waals surface area contributed by atoms with Crippen molar-refractivity contribution in [3.8, 4) is 17.0 Å². The number of amides is 2. The number of imide groups is 1. The summed E-state index contributed by atoms with van der Waals surface area (Å²) >= 11 is 3.54. The molecule has 3 aromatic carbocycles. The van der Waals surface area contributed by atoms with Gasteiger partial charge in [0.05, 0.1) is 41.4 Å². The van der Waals surface area contributed by atoms with Crippen LogP contribution < -0.4 is 9.64 Å². The van der Waals surface area contributed by atoms with E-state index in [1.54, 1.807) is 54.6 Å². The van der Waals surface area contributed by atoms with Crippen LogP contribution in [0.4, 0.5) is 5.69 Å². The van der Waals surface area contributed by atoms with E-state index in [9.17, 15) is 19.2 Å². The fraction of sp³-hybridized carbons (Fsp3) is 0.229. The van der Waals surface area contributed by atoms with Crippen LogP contribution in [0.1, 0.15) is 46.0 Å². The number of ether oxygens (including phenoxy) is 2. The third-order valence-electron chi connectivity index (χ3n) is 8.21. The number of ketones is 1. The molecule has 0 radical (unpaired) electrons. The molecule has 9 heteroatoms. The van der Waals surface area contributed by atoms with Crippen molar-refractivity contribution >= 4 is 56.1 Å². The average molecular weight is 654 g/mol. The Morgan fingerprint density at radius 3 is 2.32 bits per heavy atom. The predicted molar refractivity (Wildman–Crippen MR) is 170 cm³/mol. The van der Waals surface area contributed by atoms with E-state index >= 15 is 0 Å². The van der Waals surface area contributed by atoms with Crippen molar-refractivity contribution in [3.05, 3.63) is 100 Å². The van der Waals surface area contributed by atoms with Gasteiger partial charge in [-0.2, -0.15) is 0 Å². The van der Waals surface area contributed by atoms with Crippen LogP contribution in [-0.4, -0.2) is 42.3 Å². The fourth-order valence-corrected chi connectivity index (χ4v) is 6.38. The van der Waals surface area contributed by atoms with Gasteiger partial charge in [0.2, 0.25) is 11.8 Å². The molecule has 1 aromatic heterocycles. The van der Waals surface area contributed by atoms with E-state index in [2.05, 4.69) is 15.9 Å². The van der Waals surface area contributed by atoms with Gasteiger partial charge >= 0.3 is 5.97 Å². The summed E-state index contributed by atoms with van der Waals surface area (Å²) in [4.78, 5) is 58.7. The van der Waals surface area contributed by atoms with Gasteiger partial charge in [0.1, 0.15) is 5.75 Å². The highest BCUT2D eigenvalue weighted by Gasteiger charge is 2.47. The minimum Gasteiger partial charge on any atom is -0.497 e. The van der Waals surface area contributed by atoms with Gasteiger partial charge in [0.25, 0.3) is 0 Å². The van der Waals surface area contributed by atoms with Crippen molar-refractivity contribution in [2.75, 3.05) is 18.6 Å². The zero-order valence-corrected chi connectivity index (χ0v) is 25.8. The minimum absolute atomic E-state index is 0.173. The molecule has 1 fully saturated rings. The molecule has 0 spiro atoms. The molecular weight excluding hydrogens is 624 g/mol. The smallest absolute Gasteiger partial charge is 0.339 e. The highest BCUT2D eigenvalue weighted by molar-refractivity contribution is 9.10. The van der Waals surface area contributed by atoms with Crippen molar-refractivity contribution in [1.82, 2.24) is 4.98 Å². The van der Waals surface area contributed by atoms with Crippen molar-refractivity contribution in [2.45, 2.75) is 26.2 Å². The van der Waals surface area contributed by atoms with E-state index in [0.717, 1.165) is 10.0 Å². The topological polar surface area (TPSA) is 103 Å². The molecule has 0 N–H and O–H groups in total. The molecule has 2 amide bonds. The van der Waals surface area contributed by atoms with Crippen LogP contribution >= 0.6 is 15.9 Å². The Morgan fingerprint density at radius 1 is 0.955 bits per heavy atom. The molecule has 2 heterocycles. The summed E-state index contributed by atoms with van der Waals surface area (Å²) < 4.78 is 11.5. The molecule has 1 saturated heterocycles. The normalized spacial score (nSPS) is 17.6. The molecule has 222 valence electrons. The lowest BCUT2D eigenvalue weighted by molar-refractivity contribution is -0.122. The number of rotatable bonds is 8. The lowest BCUT2D eigenvalue weighted by atomic mass is 9.85. The molecule has 4 aromatic rings. The van der Waals surface area contributed by atoms with Crippen LogP contribution in [-0.2, 0) is 20.7 Å². The number of carbonyl (C=O) groups excluding carboxylic acids is 4. The number of halogens is 1. The van der Waals surface area contributed by atoms with Gasteiger partial charge in [-0.1, -0.05) is 59.3 Å². The van der Waals surface area contributed by atoms with Crippen LogP contribution in [0.2, 0.25) is 0 Å². The molecule has 1 aliphatic carbocycles. The van der Waals surface area contributed by atoms with Gasteiger partial charge < -0.3 is 9.47 Å². The van der Waals surface area contributed by atoms with Gasteiger partial charge in [0.15, 0.2) is 12.4 Å². The number of fused-ring (bicyclic) bond motifs is 2. The maximum atomic E-state index is 13.5. The first-order valence-electron chi connectivity index (χ1n) is 14.4. The number of nitrogens with zero attached hydrogens (tertiary/aromatic N) is 2. The number of Topliss-reactive ketones (excluding diaryl/α,β-unsaturated/α-hetero) is 1. The molecule has 8 nitrogen and oxygen atoms in total. The van der Waals surface area contributed by atoms with Gasteiger partial charge in [-0.05, 0) is 67.3 Å². The standard InChI is InChI=1S/C35H29BrN2O6/c1-3-20-15-23(36)17-28-29(35(42)44-19-31(39)22-7-6-8-25(16-22)43-2)18-30(37-32(20)28)21-11-13-24(14-12-21)38-33(40)26-9-4-5-10-27(26)34(38)41/h4-8,11-18,26-27H,3,9-10,19H2,1-2H3. The highest BCUT2D eigenvalue weighted by Crippen LogP contribution is 2.38. The number of aromatic nitrogens is 1. The van der Waals surface area contributed by atoms with Crippen LogP contribution in [0.5, 0.6) is 5.75 Å². The maximum absolute atomic E-state index is 13.5. The number of hydrogen-bond acceptors (Lipinski definition) is 7. The summed E-state index contributed by atoms with van der Waals surface area (Å²) in [6, 6.07) is 19.1.